The Hall–Kier alpha value is -0.120. The summed E-state index contributed by atoms with van der Waals surface area (Å²) in [6, 6.07) is 0.640. The fourth-order valence-electron chi connectivity index (χ4n) is 1.52. The average molecular weight is 231 g/mol. The highest BCUT2D eigenvalue weighted by molar-refractivity contribution is 4.60. The first-order valence-corrected chi connectivity index (χ1v) is 6.53. The van der Waals surface area contributed by atoms with Gasteiger partial charge in [0.05, 0.1) is 13.2 Å². The van der Waals surface area contributed by atoms with E-state index in [1.165, 1.54) is 12.8 Å². The van der Waals surface area contributed by atoms with E-state index in [9.17, 15) is 0 Å². The molecular weight excluding hydrogens is 202 g/mol. The molecule has 3 heteroatoms. The highest BCUT2D eigenvalue weighted by Gasteiger charge is 2.01. The molecule has 1 unspecified atom stereocenters. The van der Waals surface area contributed by atoms with Crippen molar-refractivity contribution in [3.63, 3.8) is 0 Å². The Morgan fingerprint density at radius 3 is 2.31 bits per heavy atom. The van der Waals surface area contributed by atoms with Gasteiger partial charge in [-0.1, -0.05) is 20.8 Å². The van der Waals surface area contributed by atoms with Gasteiger partial charge in [-0.25, -0.2) is 0 Å². The van der Waals surface area contributed by atoms with E-state index < -0.39 is 0 Å². The summed E-state index contributed by atoms with van der Waals surface area (Å²) in [4.78, 5) is 0. The second kappa shape index (κ2) is 11.4. The molecule has 1 atom stereocenters. The predicted molar refractivity (Wildman–Crippen MR) is 68.8 cm³/mol. The summed E-state index contributed by atoms with van der Waals surface area (Å²) < 4.78 is 10.9. The summed E-state index contributed by atoms with van der Waals surface area (Å²) in [5, 5.41) is 3.30. The first-order valence-electron chi connectivity index (χ1n) is 6.53. The van der Waals surface area contributed by atoms with Gasteiger partial charge in [0.15, 0.2) is 0 Å². The van der Waals surface area contributed by atoms with Gasteiger partial charge in [0.1, 0.15) is 0 Å². The van der Waals surface area contributed by atoms with Crippen molar-refractivity contribution in [1.82, 2.24) is 5.32 Å². The van der Waals surface area contributed by atoms with Gasteiger partial charge in [0, 0.05) is 19.3 Å². The zero-order valence-corrected chi connectivity index (χ0v) is 11.4. The van der Waals surface area contributed by atoms with Crippen molar-refractivity contribution >= 4 is 0 Å². The maximum absolute atomic E-state index is 5.50. The normalized spacial score (nSPS) is 13.3. The largest absolute Gasteiger partial charge is 0.379 e. The fourth-order valence-corrected chi connectivity index (χ4v) is 1.52. The van der Waals surface area contributed by atoms with Gasteiger partial charge in [-0.2, -0.15) is 0 Å². The summed E-state index contributed by atoms with van der Waals surface area (Å²) in [5.74, 6) is 0.612. The monoisotopic (exact) mass is 231 g/mol. The first-order chi connectivity index (χ1) is 7.70. The van der Waals surface area contributed by atoms with Crippen LogP contribution in [0.15, 0.2) is 0 Å². The lowest BCUT2D eigenvalue weighted by molar-refractivity contribution is 0.0361. The van der Waals surface area contributed by atoms with Crippen molar-refractivity contribution in [3.05, 3.63) is 0 Å². The van der Waals surface area contributed by atoms with Gasteiger partial charge in [0.2, 0.25) is 0 Å². The van der Waals surface area contributed by atoms with Gasteiger partial charge in [-0.15, -0.1) is 0 Å². The maximum Gasteiger partial charge on any atom is 0.0700 e. The van der Waals surface area contributed by atoms with Gasteiger partial charge in [-0.05, 0) is 32.2 Å². The number of hydrogen-bond acceptors (Lipinski definition) is 3. The number of nitrogens with one attached hydrogen (secondary N) is 1. The average Bonchev–Trinajstić information content (AvgIpc) is 2.27. The minimum atomic E-state index is 0.612. The van der Waals surface area contributed by atoms with Crippen LogP contribution in [0, 0.1) is 5.92 Å². The third-order valence-corrected chi connectivity index (χ3v) is 2.57. The maximum atomic E-state index is 5.50. The third kappa shape index (κ3) is 10.4. The second-order valence-corrected chi connectivity index (χ2v) is 4.62. The van der Waals surface area contributed by atoms with Crippen molar-refractivity contribution in [2.24, 2.45) is 5.92 Å². The highest BCUT2D eigenvalue weighted by atomic mass is 16.5. The first kappa shape index (κ1) is 15.9. The summed E-state index contributed by atoms with van der Waals surface area (Å²) in [5.41, 5.74) is 0. The highest BCUT2D eigenvalue weighted by Crippen LogP contribution is 2.01. The topological polar surface area (TPSA) is 30.5 Å². The van der Waals surface area contributed by atoms with Crippen molar-refractivity contribution in [3.8, 4) is 0 Å². The summed E-state index contributed by atoms with van der Waals surface area (Å²) in [7, 11) is 2.02. The minimum Gasteiger partial charge on any atom is -0.379 e. The molecule has 1 N–H and O–H groups in total. The van der Waals surface area contributed by atoms with E-state index in [0.717, 1.165) is 32.8 Å². The SMILES string of the molecule is CCC(CCCOCCOCC(C)C)NC. The van der Waals surface area contributed by atoms with Crippen LogP contribution in [0.4, 0.5) is 0 Å². The molecule has 0 aliphatic rings. The zero-order valence-electron chi connectivity index (χ0n) is 11.4. The Morgan fingerprint density at radius 2 is 1.75 bits per heavy atom. The molecule has 98 valence electrons. The van der Waals surface area contributed by atoms with Crippen LogP contribution >= 0.6 is 0 Å². The summed E-state index contributed by atoms with van der Waals surface area (Å²) >= 11 is 0. The number of ether oxygens (including phenoxy) is 2. The Labute approximate surface area is 101 Å². The lowest BCUT2D eigenvalue weighted by Gasteiger charge is -2.13. The summed E-state index contributed by atoms with van der Waals surface area (Å²) in [6.07, 6.45) is 3.51. The van der Waals surface area contributed by atoms with Crippen LogP contribution in [0.2, 0.25) is 0 Å². The molecule has 0 saturated carbocycles. The third-order valence-electron chi connectivity index (χ3n) is 2.57. The Kier molecular flexibility index (Phi) is 11.3. The zero-order chi connectivity index (χ0) is 12.2. The molecule has 16 heavy (non-hydrogen) atoms. The molecule has 0 spiro atoms. The molecule has 0 heterocycles. The Morgan fingerprint density at radius 1 is 1.06 bits per heavy atom. The molecule has 0 aliphatic carbocycles. The van der Waals surface area contributed by atoms with Crippen LogP contribution in [-0.4, -0.2) is 39.5 Å². The smallest absolute Gasteiger partial charge is 0.0700 e. The van der Waals surface area contributed by atoms with Gasteiger partial charge in [0.25, 0.3) is 0 Å². The van der Waals surface area contributed by atoms with E-state index in [-0.39, 0.29) is 0 Å². The number of hydrogen-bond donors (Lipinski definition) is 1. The molecule has 3 nitrogen and oxygen atoms in total. The Bertz CT molecular complexity index is 136. The summed E-state index contributed by atoms with van der Waals surface area (Å²) in [6.45, 7) is 9.66. The predicted octanol–water partition coefficient (Wildman–Crippen LogP) is 2.45. The van der Waals surface area contributed by atoms with E-state index in [1.54, 1.807) is 0 Å². The molecule has 0 aliphatic heterocycles. The van der Waals surface area contributed by atoms with Crippen molar-refractivity contribution < 1.29 is 9.47 Å². The van der Waals surface area contributed by atoms with E-state index in [2.05, 4.69) is 26.1 Å². The van der Waals surface area contributed by atoms with Gasteiger partial charge < -0.3 is 14.8 Å². The van der Waals surface area contributed by atoms with E-state index >= 15 is 0 Å². The van der Waals surface area contributed by atoms with Crippen molar-refractivity contribution in [2.75, 3.05) is 33.5 Å². The van der Waals surface area contributed by atoms with E-state index in [4.69, 9.17) is 9.47 Å². The van der Waals surface area contributed by atoms with Crippen molar-refractivity contribution in [2.45, 2.75) is 46.1 Å². The molecule has 0 aromatic rings. The van der Waals surface area contributed by atoms with Crippen LogP contribution < -0.4 is 5.32 Å². The van der Waals surface area contributed by atoms with Crippen LogP contribution in [-0.2, 0) is 9.47 Å². The molecular formula is C13H29NO2. The molecule has 0 radical (unpaired) electrons. The molecule has 0 saturated heterocycles. The van der Waals surface area contributed by atoms with Gasteiger partial charge >= 0.3 is 0 Å². The Balaban J connectivity index is 3.09. The fraction of sp³-hybridized carbons (Fsp3) is 1.00. The minimum absolute atomic E-state index is 0.612. The van der Waals surface area contributed by atoms with Crippen LogP contribution in [0.3, 0.4) is 0 Å². The molecule has 0 aromatic heterocycles. The molecule has 0 rings (SSSR count). The van der Waals surface area contributed by atoms with Gasteiger partial charge in [-0.3, -0.25) is 0 Å². The lowest BCUT2D eigenvalue weighted by atomic mass is 10.1. The quantitative estimate of drug-likeness (QED) is 0.554. The molecule has 0 aromatic carbocycles. The standard InChI is InChI=1S/C13H29NO2/c1-5-13(14-4)7-6-8-15-9-10-16-11-12(2)3/h12-14H,5-11H2,1-4H3. The van der Waals surface area contributed by atoms with Crippen LogP contribution in [0.1, 0.15) is 40.0 Å². The van der Waals surface area contributed by atoms with Crippen molar-refractivity contribution in [1.29, 1.82) is 0 Å². The molecule has 0 bridgehead atoms. The molecule has 0 fully saturated rings. The van der Waals surface area contributed by atoms with E-state index in [0.29, 0.717) is 12.0 Å². The molecule has 0 amide bonds. The van der Waals surface area contributed by atoms with Crippen LogP contribution in [0.5, 0.6) is 0 Å². The lowest BCUT2D eigenvalue weighted by Crippen LogP contribution is -2.24. The van der Waals surface area contributed by atoms with E-state index in [1.807, 2.05) is 7.05 Å². The second-order valence-electron chi connectivity index (χ2n) is 4.62. The van der Waals surface area contributed by atoms with Crippen LogP contribution in [0.25, 0.3) is 0 Å². The number of rotatable bonds is 11.